The van der Waals surface area contributed by atoms with Crippen LogP contribution in [-0.4, -0.2) is 99.8 Å². The first-order valence-corrected chi connectivity index (χ1v) is 12.1. The van der Waals surface area contributed by atoms with Crippen LogP contribution >= 0.6 is 11.8 Å². The highest BCUT2D eigenvalue weighted by Crippen LogP contribution is 2.05. The van der Waals surface area contributed by atoms with Crippen LogP contribution in [0.1, 0.15) is 34.1 Å². The average molecular weight is 508 g/mol. The van der Waals surface area contributed by atoms with Gasteiger partial charge in [-0.1, -0.05) is 13.8 Å². The summed E-state index contributed by atoms with van der Waals surface area (Å²) < 4.78 is 0. The SMILES string of the molecule is CSCC[C@H](N)C(=O)N[C@H](C(=O)NCC(=O)N[C@H](C(=O)N[C@H](C(=O)O)[C@@H](C)O)[C@@H](C)O)C(C)C. The number of nitrogens with one attached hydrogen (secondary N) is 4. The van der Waals surface area contributed by atoms with E-state index in [2.05, 4.69) is 16.0 Å². The number of aliphatic hydroxyl groups is 2. The standard InChI is InChI=1S/C20H37N5O8S/c1-9(2)14(24-17(29)12(21)6-7-34-5)18(30)22-8-13(28)23-15(10(3)26)19(31)25-16(11(4)27)20(32)33/h9-12,14-16,26-27H,6-8,21H2,1-5H3,(H,22,30)(H,23,28)(H,24,29)(H,25,31)(H,32,33)/t10-,11-,12+,14+,15+,16+/m1/s1. The van der Waals surface area contributed by atoms with E-state index in [4.69, 9.17) is 10.8 Å². The summed E-state index contributed by atoms with van der Waals surface area (Å²) in [5.74, 6) is -4.16. The van der Waals surface area contributed by atoms with Gasteiger partial charge in [-0.2, -0.15) is 11.8 Å². The lowest BCUT2D eigenvalue weighted by Gasteiger charge is -2.25. The topological polar surface area (TPSA) is 220 Å². The average Bonchev–Trinajstić information content (AvgIpc) is 2.74. The zero-order chi connectivity index (χ0) is 26.6. The predicted molar refractivity (Wildman–Crippen MR) is 126 cm³/mol. The van der Waals surface area contributed by atoms with Gasteiger partial charge in [-0.15, -0.1) is 0 Å². The molecule has 9 N–H and O–H groups in total. The Morgan fingerprint density at radius 3 is 1.79 bits per heavy atom. The normalized spacial score (nSPS) is 16.4. The number of carboxylic acids is 1. The van der Waals surface area contributed by atoms with E-state index in [1.807, 2.05) is 11.6 Å². The Labute approximate surface area is 203 Å². The van der Waals surface area contributed by atoms with Gasteiger partial charge in [0.15, 0.2) is 6.04 Å². The molecule has 0 bridgehead atoms. The zero-order valence-corrected chi connectivity index (χ0v) is 20.8. The van der Waals surface area contributed by atoms with Gasteiger partial charge in [0.2, 0.25) is 23.6 Å². The lowest BCUT2D eigenvalue weighted by molar-refractivity contribution is -0.145. The van der Waals surface area contributed by atoms with Crippen molar-refractivity contribution in [3.63, 3.8) is 0 Å². The van der Waals surface area contributed by atoms with E-state index in [0.29, 0.717) is 12.2 Å². The molecule has 0 unspecified atom stereocenters. The number of thioether (sulfide) groups is 1. The van der Waals surface area contributed by atoms with Gasteiger partial charge in [-0.3, -0.25) is 19.2 Å². The summed E-state index contributed by atoms with van der Waals surface area (Å²) in [5, 5.41) is 37.6. The minimum Gasteiger partial charge on any atom is -0.480 e. The first kappa shape index (κ1) is 31.6. The molecular formula is C20H37N5O8S. The van der Waals surface area contributed by atoms with E-state index < -0.39 is 72.5 Å². The van der Waals surface area contributed by atoms with Crippen molar-refractivity contribution in [2.24, 2.45) is 11.7 Å². The number of carboxylic acid groups (broad SMARTS) is 1. The molecule has 0 aliphatic carbocycles. The second kappa shape index (κ2) is 15.5. The molecule has 196 valence electrons. The molecule has 0 fully saturated rings. The molecule has 4 amide bonds. The van der Waals surface area contributed by atoms with E-state index in [0.717, 1.165) is 6.92 Å². The van der Waals surface area contributed by atoms with E-state index in [-0.39, 0.29) is 5.92 Å². The summed E-state index contributed by atoms with van der Waals surface area (Å²) in [6.07, 6.45) is -0.525. The number of aliphatic carboxylic acids is 1. The van der Waals surface area contributed by atoms with Crippen LogP contribution < -0.4 is 27.0 Å². The molecule has 0 heterocycles. The Hall–Kier alpha value is -2.42. The maximum absolute atomic E-state index is 12.5. The lowest BCUT2D eigenvalue weighted by Crippen LogP contribution is -2.59. The maximum atomic E-state index is 12.5. The number of amides is 4. The minimum absolute atomic E-state index is 0.316. The Kier molecular flexibility index (Phi) is 14.4. The number of carbonyl (C=O) groups is 5. The van der Waals surface area contributed by atoms with Gasteiger partial charge < -0.3 is 42.3 Å². The van der Waals surface area contributed by atoms with Crippen LogP contribution in [0.15, 0.2) is 0 Å². The third kappa shape index (κ3) is 11.1. The molecule has 0 radical (unpaired) electrons. The molecule has 6 atom stereocenters. The van der Waals surface area contributed by atoms with Crippen LogP contribution in [0.3, 0.4) is 0 Å². The first-order chi connectivity index (χ1) is 15.7. The van der Waals surface area contributed by atoms with Crippen molar-refractivity contribution in [1.29, 1.82) is 0 Å². The number of hydrogen-bond donors (Lipinski definition) is 8. The lowest BCUT2D eigenvalue weighted by atomic mass is 10.0. The molecule has 0 spiro atoms. The van der Waals surface area contributed by atoms with Gasteiger partial charge >= 0.3 is 5.97 Å². The fraction of sp³-hybridized carbons (Fsp3) is 0.750. The molecule has 0 aromatic heterocycles. The molecule has 0 aromatic carbocycles. The molecule has 0 aromatic rings. The second-order valence-electron chi connectivity index (χ2n) is 8.19. The summed E-state index contributed by atoms with van der Waals surface area (Å²) in [6, 6.07) is -4.94. The third-order valence-electron chi connectivity index (χ3n) is 4.77. The smallest absolute Gasteiger partial charge is 0.328 e. The number of rotatable bonds is 15. The van der Waals surface area contributed by atoms with Crippen LogP contribution in [0.2, 0.25) is 0 Å². The molecular weight excluding hydrogens is 470 g/mol. The van der Waals surface area contributed by atoms with Gasteiger partial charge in [0.05, 0.1) is 24.8 Å². The summed E-state index contributed by atoms with van der Waals surface area (Å²) in [6.45, 7) is 5.18. The van der Waals surface area contributed by atoms with Gasteiger partial charge in [-0.05, 0) is 38.2 Å². The molecule has 0 saturated carbocycles. The number of nitrogens with two attached hydrogens (primary N) is 1. The Morgan fingerprint density at radius 2 is 1.35 bits per heavy atom. The van der Waals surface area contributed by atoms with Crippen molar-refractivity contribution < 1.29 is 39.3 Å². The Bertz CT molecular complexity index is 719. The van der Waals surface area contributed by atoms with Gasteiger partial charge in [0.1, 0.15) is 12.1 Å². The molecule has 14 heteroatoms. The Morgan fingerprint density at radius 1 is 0.824 bits per heavy atom. The molecule has 13 nitrogen and oxygen atoms in total. The van der Waals surface area contributed by atoms with Crippen LogP contribution in [0.25, 0.3) is 0 Å². The van der Waals surface area contributed by atoms with Crippen molar-refractivity contribution in [2.45, 2.75) is 70.5 Å². The van der Waals surface area contributed by atoms with E-state index >= 15 is 0 Å². The van der Waals surface area contributed by atoms with E-state index in [9.17, 15) is 34.2 Å². The highest BCUT2D eigenvalue weighted by atomic mass is 32.2. The molecule has 0 aliphatic heterocycles. The maximum Gasteiger partial charge on any atom is 0.328 e. The predicted octanol–water partition coefficient (Wildman–Crippen LogP) is -2.86. The largest absolute Gasteiger partial charge is 0.480 e. The summed E-state index contributed by atoms with van der Waals surface area (Å²) in [5.41, 5.74) is 5.82. The third-order valence-corrected chi connectivity index (χ3v) is 5.41. The fourth-order valence-corrected chi connectivity index (χ4v) is 3.20. The molecule has 0 saturated heterocycles. The van der Waals surface area contributed by atoms with Crippen molar-refractivity contribution in [3.8, 4) is 0 Å². The zero-order valence-electron chi connectivity index (χ0n) is 20.0. The van der Waals surface area contributed by atoms with Crippen LogP contribution in [0.5, 0.6) is 0 Å². The van der Waals surface area contributed by atoms with Crippen molar-refractivity contribution >= 4 is 41.4 Å². The first-order valence-electron chi connectivity index (χ1n) is 10.7. The highest BCUT2D eigenvalue weighted by molar-refractivity contribution is 7.98. The summed E-state index contributed by atoms with van der Waals surface area (Å²) >= 11 is 1.53. The monoisotopic (exact) mass is 507 g/mol. The summed E-state index contributed by atoms with van der Waals surface area (Å²) in [7, 11) is 0. The van der Waals surface area contributed by atoms with Crippen LogP contribution in [0, 0.1) is 5.92 Å². The minimum atomic E-state index is -1.65. The van der Waals surface area contributed by atoms with Crippen LogP contribution in [0.4, 0.5) is 0 Å². The van der Waals surface area contributed by atoms with Crippen molar-refractivity contribution in [2.75, 3.05) is 18.6 Å². The Balaban J connectivity index is 5.02. The number of carbonyl (C=O) groups excluding carboxylic acids is 4. The van der Waals surface area contributed by atoms with Gasteiger partial charge in [0.25, 0.3) is 0 Å². The second-order valence-corrected chi connectivity index (χ2v) is 9.17. The van der Waals surface area contributed by atoms with E-state index in [1.165, 1.54) is 18.7 Å². The number of aliphatic hydroxyl groups excluding tert-OH is 2. The molecule has 34 heavy (non-hydrogen) atoms. The summed E-state index contributed by atoms with van der Waals surface area (Å²) in [4.78, 5) is 60.5. The number of hydrogen-bond acceptors (Lipinski definition) is 9. The van der Waals surface area contributed by atoms with E-state index in [1.54, 1.807) is 13.8 Å². The van der Waals surface area contributed by atoms with Crippen molar-refractivity contribution in [3.05, 3.63) is 0 Å². The quantitative estimate of drug-likeness (QED) is 0.113. The fourth-order valence-electron chi connectivity index (χ4n) is 2.71. The van der Waals surface area contributed by atoms with Crippen molar-refractivity contribution in [1.82, 2.24) is 21.3 Å². The van der Waals surface area contributed by atoms with Crippen LogP contribution in [-0.2, 0) is 24.0 Å². The highest BCUT2D eigenvalue weighted by Gasteiger charge is 2.32. The molecule has 0 aliphatic rings. The molecule has 0 rings (SSSR count). The van der Waals surface area contributed by atoms with Gasteiger partial charge in [0, 0.05) is 0 Å². The van der Waals surface area contributed by atoms with Gasteiger partial charge in [-0.25, -0.2) is 4.79 Å².